The van der Waals surface area contributed by atoms with Gasteiger partial charge in [-0.2, -0.15) is 4.57 Å². The number of aryl methyl sites for hydroxylation is 1. The first-order valence-corrected chi connectivity index (χ1v) is 15.3. The van der Waals surface area contributed by atoms with E-state index in [1.54, 1.807) is 0 Å². The third-order valence-corrected chi connectivity index (χ3v) is 7.71. The SMILES string of the molecule is CCCCCCCCCCCCCCCCCCc1ccc2ccccc2[n+]1CC(=O)c1ccccc1. The minimum absolute atomic E-state index is 0.176. The maximum Gasteiger partial charge on any atom is 0.227 e. The lowest BCUT2D eigenvalue weighted by atomic mass is 10.0. The van der Waals surface area contributed by atoms with Crippen LogP contribution < -0.4 is 4.57 Å². The van der Waals surface area contributed by atoms with Gasteiger partial charge in [-0.25, -0.2) is 0 Å². The summed E-state index contributed by atoms with van der Waals surface area (Å²) >= 11 is 0. The number of hydrogen-bond acceptors (Lipinski definition) is 1. The number of rotatable bonds is 20. The number of aromatic nitrogens is 1. The van der Waals surface area contributed by atoms with E-state index in [4.69, 9.17) is 0 Å². The minimum atomic E-state index is 0.176. The topological polar surface area (TPSA) is 20.9 Å². The Morgan fingerprint density at radius 2 is 1.08 bits per heavy atom. The molecule has 0 saturated carbocycles. The standard InChI is InChI=1S/C35H50NO/c1-2-3-4-5-6-7-8-9-10-11-12-13-14-15-16-20-26-33-29-28-31-23-21-22-27-34(31)36(33)30-35(37)32-24-18-17-19-25-32/h17-19,21-25,27-29H,2-16,20,26,30H2,1H3/q+1. The van der Waals surface area contributed by atoms with Gasteiger partial charge in [-0.3, -0.25) is 4.79 Å². The molecular weight excluding hydrogens is 450 g/mol. The summed E-state index contributed by atoms with van der Waals surface area (Å²) in [5.74, 6) is 0.176. The van der Waals surface area contributed by atoms with E-state index in [0.717, 1.165) is 17.5 Å². The zero-order valence-corrected chi connectivity index (χ0v) is 23.4. The molecule has 0 aliphatic heterocycles. The van der Waals surface area contributed by atoms with Crippen LogP contribution in [0.2, 0.25) is 0 Å². The van der Waals surface area contributed by atoms with Gasteiger partial charge in [0, 0.05) is 29.5 Å². The highest BCUT2D eigenvalue weighted by molar-refractivity contribution is 5.95. The predicted octanol–water partition coefficient (Wildman–Crippen LogP) is 9.81. The van der Waals surface area contributed by atoms with Gasteiger partial charge in [-0.1, -0.05) is 146 Å². The van der Waals surface area contributed by atoms with Gasteiger partial charge in [-0.15, -0.1) is 0 Å². The summed E-state index contributed by atoms with van der Waals surface area (Å²) in [5, 5.41) is 1.19. The number of pyridine rings is 1. The number of hydrogen-bond donors (Lipinski definition) is 0. The van der Waals surface area contributed by atoms with Crippen molar-refractivity contribution in [3.8, 4) is 0 Å². The number of carbonyl (C=O) groups is 1. The first-order chi connectivity index (χ1) is 18.3. The highest BCUT2D eigenvalue weighted by Crippen LogP contribution is 2.16. The van der Waals surface area contributed by atoms with E-state index in [0.29, 0.717) is 6.54 Å². The van der Waals surface area contributed by atoms with Crippen molar-refractivity contribution in [2.45, 2.75) is 123 Å². The van der Waals surface area contributed by atoms with Crippen molar-refractivity contribution in [3.05, 3.63) is 78.0 Å². The molecule has 3 rings (SSSR count). The zero-order chi connectivity index (χ0) is 26.0. The molecule has 37 heavy (non-hydrogen) atoms. The average molecular weight is 501 g/mol. The molecule has 0 aliphatic rings. The number of benzene rings is 2. The highest BCUT2D eigenvalue weighted by atomic mass is 16.1. The highest BCUT2D eigenvalue weighted by Gasteiger charge is 2.20. The Labute approximate surface area is 226 Å². The summed E-state index contributed by atoms with van der Waals surface area (Å²) in [6.45, 7) is 2.69. The second kappa shape index (κ2) is 17.9. The number of para-hydroxylation sites is 1. The number of fused-ring (bicyclic) bond motifs is 1. The molecule has 1 aromatic heterocycles. The Morgan fingerprint density at radius 1 is 0.568 bits per heavy atom. The fourth-order valence-corrected chi connectivity index (χ4v) is 5.42. The monoisotopic (exact) mass is 500 g/mol. The van der Waals surface area contributed by atoms with Gasteiger partial charge < -0.3 is 0 Å². The summed E-state index contributed by atoms with van der Waals surface area (Å²) < 4.78 is 2.25. The summed E-state index contributed by atoms with van der Waals surface area (Å²) in [4.78, 5) is 13.0. The van der Waals surface area contributed by atoms with Crippen molar-refractivity contribution in [2.24, 2.45) is 0 Å². The zero-order valence-electron chi connectivity index (χ0n) is 23.4. The maximum absolute atomic E-state index is 13.0. The van der Waals surface area contributed by atoms with Gasteiger partial charge in [0.05, 0.1) is 0 Å². The van der Waals surface area contributed by atoms with Crippen molar-refractivity contribution < 1.29 is 9.36 Å². The Morgan fingerprint density at radius 3 is 1.68 bits per heavy atom. The lowest BCUT2D eigenvalue weighted by Crippen LogP contribution is -2.42. The summed E-state index contributed by atoms with van der Waals surface area (Å²) in [6.07, 6.45) is 23.2. The van der Waals surface area contributed by atoms with Crippen LogP contribution in [0, 0.1) is 0 Å². The third kappa shape index (κ3) is 10.8. The molecule has 0 radical (unpaired) electrons. The van der Waals surface area contributed by atoms with Crippen LogP contribution in [-0.2, 0) is 13.0 Å². The largest absolute Gasteiger partial charge is 0.287 e. The first-order valence-electron chi connectivity index (χ1n) is 15.3. The summed E-state index contributed by atoms with van der Waals surface area (Å²) in [5.41, 5.74) is 3.21. The summed E-state index contributed by atoms with van der Waals surface area (Å²) in [6, 6.07) is 22.5. The Balaban J connectivity index is 1.33. The Hall–Kier alpha value is -2.48. The Kier molecular flexibility index (Phi) is 14.1. The molecule has 2 heteroatoms. The molecule has 2 nitrogen and oxygen atoms in total. The van der Waals surface area contributed by atoms with Crippen LogP contribution in [0.25, 0.3) is 10.9 Å². The van der Waals surface area contributed by atoms with Crippen molar-refractivity contribution >= 4 is 16.7 Å². The lowest BCUT2D eigenvalue weighted by molar-refractivity contribution is -0.664. The molecule has 0 saturated heterocycles. The van der Waals surface area contributed by atoms with Gasteiger partial charge in [0.1, 0.15) is 0 Å². The van der Waals surface area contributed by atoms with E-state index in [1.807, 2.05) is 30.3 Å². The average Bonchev–Trinajstić information content (AvgIpc) is 2.94. The third-order valence-electron chi connectivity index (χ3n) is 7.71. The van der Waals surface area contributed by atoms with Crippen molar-refractivity contribution in [2.75, 3.05) is 0 Å². The van der Waals surface area contributed by atoms with Crippen LogP contribution in [0.5, 0.6) is 0 Å². The lowest BCUT2D eigenvalue weighted by Gasteiger charge is -2.08. The molecule has 0 N–H and O–H groups in total. The summed E-state index contributed by atoms with van der Waals surface area (Å²) in [7, 11) is 0. The number of carbonyl (C=O) groups excluding carboxylic acids is 1. The van der Waals surface area contributed by atoms with Crippen LogP contribution >= 0.6 is 0 Å². The first kappa shape index (κ1) is 29.1. The maximum atomic E-state index is 13.0. The molecule has 0 amide bonds. The molecule has 200 valence electrons. The van der Waals surface area contributed by atoms with Crippen molar-refractivity contribution in [1.82, 2.24) is 0 Å². The molecule has 0 unspecified atom stereocenters. The van der Waals surface area contributed by atoms with Crippen LogP contribution in [-0.4, -0.2) is 5.78 Å². The molecule has 3 aromatic rings. The molecule has 0 spiro atoms. The second-order valence-electron chi connectivity index (χ2n) is 10.8. The predicted molar refractivity (Wildman–Crippen MR) is 158 cm³/mol. The van der Waals surface area contributed by atoms with Gasteiger partial charge in [0.2, 0.25) is 17.8 Å². The van der Waals surface area contributed by atoms with Crippen LogP contribution in [0.1, 0.15) is 126 Å². The fourth-order valence-electron chi connectivity index (χ4n) is 5.42. The van der Waals surface area contributed by atoms with Gasteiger partial charge in [0.25, 0.3) is 0 Å². The molecule has 1 heterocycles. The van der Waals surface area contributed by atoms with E-state index in [-0.39, 0.29) is 5.78 Å². The van der Waals surface area contributed by atoms with Gasteiger partial charge in [-0.05, 0) is 18.6 Å². The van der Waals surface area contributed by atoms with E-state index in [9.17, 15) is 4.79 Å². The van der Waals surface area contributed by atoms with E-state index < -0.39 is 0 Å². The molecule has 0 bridgehead atoms. The van der Waals surface area contributed by atoms with Crippen LogP contribution in [0.15, 0.2) is 66.7 Å². The molecule has 0 fully saturated rings. The number of Topliss-reactive ketones (excluding diaryl/α,β-unsaturated/α-hetero) is 1. The van der Waals surface area contributed by atoms with Crippen molar-refractivity contribution in [1.29, 1.82) is 0 Å². The smallest absolute Gasteiger partial charge is 0.227 e. The minimum Gasteiger partial charge on any atom is -0.287 e. The normalized spacial score (nSPS) is 11.3. The number of nitrogens with zero attached hydrogens (tertiary/aromatic N) is 1. The molecule has 0 aliphatic carbocycles. The quantitative estimate of drug-likeness (QED) is 0.0859. The van der Waals surface area contributed by atoms with E-state index in [2.05, 4.69) is 47.9 Å². The number of unbranched alkanes of at least 4 members (excludes halogenated alkanes) is 15. The molecular formula is C35H50NO+. The number of ketones is 1. The molecule has 2 aromatic carbocycles. The van der Waals surface area contributed by atoms with Crippen LogP contribution in [0.4, 0.5) is 0 Å². The second-order valence-corrected chi connectivity index (χ2v) is 10.8. The van der Waals surface area contributed by atoms with E-state index in [1.165, 1.54) is 114 Å². The van der Waals surface area contributed by atoms with Crippen LogP contribution in [0.3, 0.4) is 0 Å². The Bertz CT molecular complexity index is 1030. The van der Waals surface area contributed by atoms with Gasteiger partial charge >= 0.3 is 0 Å². The molecule has 0 atom stereocenters. The van der Waals surface area contributed by atoms with Crippen molar-refractivity contribution in [3.63, 3.8) is 0 Å². The van der Waals surface area contributed by atoms with E-state index >= 15 is 0 Å². The van der Waals surface area contributed by atoms with Gasteiger partial charge in [0.15, 0.2) is 5.69 Å². The fraction of sp³-hybridized carbons (Fsp3) is 0.543.